The summed E-state index contributed by atoms with van der Waals surface area (Å²) in [6.07, 6.45) is 0. The van der Waals surface area contributed by atoms with Crippen molar-refractivity contribution < 1.29 is 4.79 Å². The van der Waals surface area contributed by atoms with E-state index in [2.05, 4.69) is 20.5 Å². The third kappa shape index (κ3) is 4.41. The van der Waals surface area contributed by atoms with Crippen LogP contribution in [0, 0.1) is 13.8 Å². The van der Waals surface area contributed by atoms with Crippen LogP contribution in [0.25, 0.3) is 0 Å². The third-order valence-electron chi connectivity index (χ3n) is 3.58. The fourth-order valence-corrected chi connectivity index (χ4v) is 3.40. The standard InChI is InChI=1S/C18H17ClN4OS/c1-11-8-9-14(10-15(11)19)21-17(24)16(13-6-4-3-5-7-13)25-18-20-12(2)22-23-18/h3-10,16H,1-2H3,(H,21,24)(H,20,22,23). The van der Waals surface area contributed by atoms with E-state index in [1.165, 1.54) is 11.8 Å². The number of anilines is 1. The van der Waals surface area contributed by atoms with Gasteiger partial charge in [0, 0.05) is 10.7 Å². The van der Waals surface area contributed by atoms with Gasteiger partial charge in [0.1, 0.15) is 11.1 Å². The van der Waals surface area contributed by atoms with Gasteiger partial charge in [0.15, 0.2) is 0 Å². The van der Waals surface area contributed by atoms with Crippen LogP contribution in [0.4, 0.5) is 5.69 Å². The monoisotopic (exact) mass is 372 g/mol. The zero-order valence-corrected chi connectivity index (χ0v) is 15.4. The first-order valence-corrected chi connectivity index (χ1v) is 8.96. The number of carbonyl (C=O) groups is 1. The van der Waals surface area contributed by atoms with Gasteiger partial charge in [0.2, 0.25) is 11.1 Å². The van der Waals surface area contributed by atoms with E-state index in [0.29, 0.717) is 21.7 Å². The summed E-state index contributed by atoms with van der Waals surface area (Å²) in [4.78, 5) is 17.2. The predicted molar refractivity (Wildman–Crippen MR) is 101 cm³/mol. The molecule has 2 N–H and O–H groups in total. The van der Waals surface area contributed by atoms with Crippen molar-refractivity contribution in [1.82, 2.24) is 15.2 Å². The van der Waals surface area contributed by atoms with Crippen molar-refractivity contribution in [3.05, 3.63) is 70.5 Å². The second-order valence-corrected chi connectivity index (χ2v) is 7.04. The molecule has 1 unspecified atom stereocenters. The number of aryl methyl sites for hydroxylation is 2. The number of nitrogens with zero attached hydrogens (tertiary/aromatic N) is 2. The number of aromatic amines is 1. The molecule has 7 heteroatoms. The fraction of sp³-hybridized carbons (Fsp3) is 0.167. The molecule has 128 valence electrons. The summed E-state index contributed by atoms with van der Waals surface area (Å²) in [5.74, 6) is 0.554. The number of hydrogen-bond donors (Lipinski definition) is 2. The average Bonchev–Trinajstić information content (AvgIpc) is 3.02. The van der Waals surface area contributed by atoms with Gasteiger partial charge in [-0.2, -0.15) is 0 Å². The molecule has 0 radical (unpaired) electrons. The van der Waals surface area contributed by atoms with Gasteiger partial charge in [-0.15, -0.1) is 5.10 Å². The second kappa shape index (κ2) is 7.72. The summed E-state index contributed by atoms with van der Waals surface area (Å²) in [7, 11) is 0. The number of amides is 1. The molecular weight excluding hydrogens is 356 g/mol. The minimum atomic E-state index is -0.475. The molecule has 0 spiro atoms. The SMILES string of the molecule is Cc1nc(SC(C(=O)Nc2ccc(C)c(Cl)c2)c2ccccc2)n[nH]1. The summed E-state index contributed by atoms with van der Waals surface area (Å²) in [6, 6.07) is 15.0. The van der Waals surface area contributed by atoms with Crippen LogP contribution in [0.1, 0.15) is 22.2 Å². The van der Waals surface area contributed by atoms with Crippen LogP contribution in [0.15, 0.2) is 53.7 Å². The molecule has 0 fully saturated rings. The van der Waals surface area contributed by atoms with Gasteiger partial charge in [0.25, 0.3) is 0 Å². The van der Waals surface area contributed by atoms with Crippen molar-refractivity contribution in [3.63, 3.8) is 0 Å². The van der Waals surface area contributed by atoms with Crippen LogP contribution in [0.5, 0.6) is 0 Å². The number of hydrogen-bond acceptors (Lipinski definition) is 4. The third-order valence-corrected chi connectivity index (χ3v) is 5.10. The predicted octanol–water partition coefficient (Wildman–Crippen LogP) is 4.55. The van der Waals surface area contributed by atoms with Crippen LogP contribution in [-0.2, 0) is 4.79 Å². The average molecular weight is 373 g/mol. The van der Waals surface area contributed by atoms with Crippen molar-refractivity contribution in [2.45, 2.75) is 24.3 Å². The lowest BCUT2D eigenvalue weighted by Gasteiger charge is -2.16. The van der Waals surface area contributed by atoms with E-state index in [9.17, 15) is 4.79 Å². The summed E-state index contributed by atoms with van der Waals surface area (Å²) < 4.78 is 0. The molecule has 0 saturated heterocycles. The Morgan fingerprint density at radius 3 is 2.60 bits per heavy atom. The molecule has 1 aromatic heterocycles. The molecule has 1 amide bonds. The number of benzene rings is 2. The highest BCUT2D eigenvalue weighted by Gasteiger charge is 2.24. The Hall–Kier alpha value is -2.31. The lowest BCUT2D eigenvalue weighted by Crippen LogP contribution is -2.19. The molecule has 25 heavy (non-hydrogen) atoms. The van der Waals surface area contributed by atoms with Crippen LogP contribution < -0.4 is 5.32 Å². The number of rotatable bonds is 5. The first-order valence-electron chi connectivity index (χ1n) is 7.70. The molecule has 2 aromatic carbocycles. The molecule has 0 aliphatic carbocycles. The molecule has 0 bridgehead atoms. The van der Waals surface area contributed by atoms with Gasteiger partial charge in [-0.05, 0) is 37.1 Å². The van der Waals surface area contributed by atoms with Crippen LogP contribution in [-0.4, -0.2) is 21.1 Å². The number of thioether (sulfide) groups is 1. The maximum atomic E-state index is 12.9. The Balaban J connectivity index is 1.85. The highest BCUT2D eigenvalue weighted by molar-refractivity contribution is 8.00. The van der Waals surface area contributed by atoms with E-state index < -0.39 is 5.25 Å². The number of aromatic nitrogens is 3. The van der Waals surface area contributed by atoms with Gasteiger partial charge in [-0.1, -0.05) is 59.8 Å². The number of H-pyrrole nitrogens is 1. The molecule has 3 rings (SSSR count). The molecule has 3 aromatic rings. The number of halogens is 1. The van der Waals surface area contributed by atoms with E-state index in [4.69, 9.17) is 11.6 Å². The first kappa shape index (κ1) is 17.5. The van der Waals surface area contributed by atoms with Crippen molar-refractivity contribution in [2.24, 2.45) is 0 Å². The van der Waals surface area contributed by atoms with Crippen LogP contribution >= 0.6 is 23.4 Å². The van der Waals surface area contributed by atoms with Crippen molar-refractivity contribution in [2.75, 3.05) is 5.32 Å². The Kier molecular flexibility index (Phi) is 5.40. The molecule has 1 heterocycles. The zero-order valence-electron chi connectivity index (χ0n) is 13.8. The van der Waals surface area contributed by atoms with Crippen LogP contribution in [0.3, 0.4) is 0 Å². The van der Waals surface area contributed by atoms with E-state index >= 15 is 0 Å². The fourth-order valence-electron chi connectivity index (χ4n) is 2.26. The first-order chi connectivity index (χ1) is 12.0. The Morgan fingerprint density at radius 2 is 1.96 bits per heavy atom. The van der Waals surface area contributed by atoms with Gasteiger partial charge >= 0.3 is 0 Å². The normalized spacial score (nSPS) is 12.0. The van der Waals surface area contributed by atoms with Gasteiger partial charge in [-0.3, -0.25) is 9.89 Å². The molecule has 0 aliphatic rings. The van der Waals surface area contributed by atoms with Gasteiger partial charge < -0.3 is 5.32 Å². The van der Waals surface area contributed by atoms with E-state index in [1.54, 1.807) is 6.07 Å². The molecular formula is C18H17ClN4OS. The van der Waals surface area contributed by atoms with E-state index in [-0.39, 0.29) is 5.91 Å². The lowest BCUT2D eigenvalue weighted by atomic mass is 10.1. The largest absolute Gasteiger partial charge is 0.325 e. The molecule has 0 aliphatic heterocycles. The van der Waals surface area contributed by atoms with Crippen molar-refractivity contribution in [1.29, 1.82) is 0 Å². The van der Waals surface area contributed by atoms with Crippen molar-refractivity contribution in [3.8, 4) is 0 Å². The number of carbonyl (C=O) groups excluding carboxylic acids is 1. The summed E-state index contributed by atoms with van der Waals surface area (Å²) in [5.41, 5.74) is 2.50. The number of nitrogens with one attached hydrogen (secondary N) is 2. The maximum absolute atomic E-state index is 12.9. The van der Waals surface area contributed by atoms with Crippen LogP contribution in [0.2, 0.25) is 5.02 Å². The lowest BCUT2D eigenvalue weighted by molar-refractivity contribution is -0.115. The van der Waals surface area contributed by atoms with Gasteiger partial charge in [-0.25, -0.2) is 4.98 Å². The highest BCUT2D eigenvalue weighted by Crippen LogP contribution is 2.34. The highest BCUT2D eigenvalue weighted by atomic mass is 35.5. The smallest absolute Gasteiger partial charge is 0.242 e. The van der Waals surface area contributed by atoms with E-state index in [1.807, 2.05) is 56.3 Å². The summed E-state index contributed by atoms with van der Waals surface area (Å²) in [6.45, 7) is 3.74. The molecule has 0 saturated carbocycles. The minimum Gasteiger partial charge on any atom is -0.325 e. The zero-order chi connectivity index (χ0) is 17.8. The van der Waals surface area contributed by atoms with Crippen molar-refractivity contribution >= 4 is 35.0 Å². The quantitative estimate of drug-likeness (QED) is 0.644. The minimum absolute atomic E-state index is 0.154. The molecule has 1 atom stereocenters. The van der Waals surface area contributed by atoms with E-state index in [0.717, 1.165) is 11.1 Å². The Morgan fingerprint density at radius 1 is 1.20 bits per heavy atom. The molecule has 5 nitrogen and oxygen atoms in total. The Labute approximate surface area is 155 Å². The van der Waals surface area contributed by atoms with Gasteiger partial charge in [0.05, 0.1) is 0 Å². The summed E-state index contributed by atoms with van der Waals surface area (Å²) in [5, 5.41) is 10.5. The summed E-state index contributed by atoms with van der Waals surface area (Å²) >= 11 is 7.44. The second-order valence-electron chi connectivity index (χ2n) is 5.57. The maximum Gasteiger partial charge on any atom is 0.242 e. The topological polar surface area (TPSA) is 70.7 Å². The Bertz CT molecular complexity index is 882.